The molecule has 0 aliphatic carbocycles. The second-order valence-electron chi connectivity index (χ2n) is 10.0. The van der Waals surface area contributed by atoms with E-state index in [0.29, 0.717) is 30.7 Å². The third kappa shape index (κ3) is 10.4. The number of carbonyl (C=O) groups excluding carboxylic acids is 2. The van der Waals surface area contributed by atoms with Crippen LogP contribution in [0.15, 0.2) is 84.9 Å². The Morgan fingerprint density at radius 3 is 2.05 bits per heavy atom. The lowest BCUT2D eigenvalue weighted by Gasteiger charge is -2.33. The Balaban J connectivity index is 1.94. The number of nitrogens with zero attached hydrogens (tertiary/aromatic N) is 2. The largest absolute Gasteiger partial charge is 0.379 e. The van der Waals surface area contributed by atoms with Gasteiger partial charge in [-0.25, -0.2) is 12.8 Å². The maximum absolute atomic E-state index is 14.0. The van der Waals surface area contributed by atoms with E-state index < -0.39 is 40.2 Å². The van der Waals surface area contributed by atoms with E-state index in [2.05, 4.69) is 5.32 Å². The van der Waals surface area contributed by atoms with E-state index in [1.165, 1.54) is 29.2 Å². The summed E-state index contributed by atoms with van der Waals surface area (Å²) in [6.45, 7) is 4.14. The van der Waals surface area contributed by atoms with Crippen molar-refractivity contribution in [3.63, 3.8) is 0 Å². The highest BCUT2D eigenvalue weighted by atomic mass is 32.2. The van der Waals surface area contributed by atoms with Crippen LogP contribution in [0.2, 0.25) is 0 Å². The number of hydrogen-bond acceptors (Lipinski definition) is 5. The average Bonchev–Trinajstić information content (AvgIpc) is 2.93. The molecule has 8 nitrogen and oxygen atoms in total. The van der Waals surface area contributed by atoms with Gasteiger partial charge in [0.2, 0.25) is 21.8 Å². The molecule has 220 valence electrons. The summed E-state index contributed by atoms with van der Waals surface area (Å²) >= 11 is 0. The molecule has 0 heterocycles. The van der Waals surface area contributed by atoms with E-state index in [4.69, 9.17) is 4.74 Å². The zero-order valence-corrected chi connectivity index (χ0v) is 24.5. The van der Waals surface area contributed by atoms with Gasteiger partial charge in [0.05, 0.1) is 18.9 Å². The predicted octanol–water partition coefficient (Wildman–Crippen LogP) is 4.29. The maximum atomic E-state index is 14.0. The zero-order valence-electron chi connectivity index (χ0n) is 23.7. The van der Waals surface area contributed by atoms with Gasteiger partial charge in [0.1, 0.15) is 11.9 Å². The summed E-state index contributed by atoms with van der Waals surface area (Å²) in [6, 6.07) is 22.4. The summed E-state index contributed by atoms with van der Waals surface area (Å²) in [5.74, 6) is -1.41. The van der Waals surface area contributed by atoms with Gasteiger partial charge in [0.15, 0.2) is 0 Å². The SMILES string of the molecule is CC(C)OCCCNC(=O)[C@H](c1ccccc1)N(Cc1ccc(F)cc1)C(=O)CN(Cc1ccccc1)S(C)(=O)=O. The van der Waals surface area contributed by atoms with Crippen LogP contribution in [0, 0.1) is 5.82 Å². The minimum absolute atomic E-state index is 0.00610. The number of nitrogens with one attached hydrogen (secondary N) is 1. The summed E-state index contributed by atoms with van der Waals surface area (Å²) in [4.78, 5) is 29.0. The van der Waals surface area contributed by atoms with E-state index in [9.17, 15) is 22.4 Å². The fourth-order valence-corrected chi connectivity index (χ4v) is 4.97. The topological polar surface area (TPSA) is 96.0 Å². The van der Waals surface area contributed by atoms with E-state index in [-0.39, 0.29) is 19.2 Å². The standard InChI is InChI=1S/C31H38FN3O5S/c1-24(2)40-20-10-19-33-31(37)30(27-13-8-5-9-14-27)35(22-26-15-17-28(32)18-16-26)29(36)23-34(41(3,38)39)21-25-11-6-4-7-12-25/h4-9,11-18,24,30H,10,19-23H2,1-3H3,(H,33,37)/t30-/m0/s1. The van der Waals surface area contributed by atoms with Crippen LogP contribution in [0.25, 0.3) is 0 Å². The molecular formula is C31H38FN3O5S. The van der Waals surface area contributed by atoms with E-state index in [0.717, 1.165) is 16.1 Å². The molecule has 0 saturated heterocycles. The molecule has 0 aliphatic rings. The summed E-state index contributed by atoms with van der Waals surface area (Å²) in [5, 5.41) is 2.90. The van der Waals surface area contributed by atoms with Gasteiger partial charge in [-0.15, -0.1) is 0 Å². The number of halogens is 1. The highest BCUT2D eigenvalue weighted by Crippen LogP contribution is 2.25. The molecule has 0 fully saturated rings. The average molecular weight is 584 g/mol. The first-order chi connectivity index (χ1) is 19.5. The summed E-state index contributed by atoms with van der Waals surface area (Å²) in [6.07, 6.45) is 1.70. The number of hydrogen-bond donors (Lipinski definition) is 1. The molecule has 0 unspecified atom stereocenters. The highest BCUT2D eigenvalue weighted by Gasteiger charge is 2.33. The minimum atomic E-state index is -3.79. The van der Waals surface area contributed by atoms with Gasteiger partial charge in [0.25, 0.3) is 0 Å². The van der Waals surface area contributed by atoms with Gasteiger partial charge >= 0.3 is 0 Å². The Bertz CT molecular complexity index is 1350. The highest BCUT2D eigenvalue weighted by molar-refractivity contribution is 7.88. The molecule has 0 saturated carbocycles. The lowest BCUT2D eigenvalue weighted by molar-refractivity contribution is -0.141. The Labute approximate surface area is 242 Å². The number of carbonyl (C=O) groups is 2. The molecule has 1 atom stereocenters. The molecule has 0 aromatic heterocycles. The van der Waals surface area contributed by atoms with Crippen molar-refractivity contribution in [3.8, 4) is 0 Å². The molecule has 0 spiro atoms. The Morgan fingerprint density at radius 1 is 0.878 bits per heavy atom. The Hall–Kier alpha value is -3.60. The molecule has 10 heteroatoms. The van der Waals surface area contributed by atoms with Crippen LogP contribution in [-0.4, -0.2) is 61.5 Å². The van der Waals surface area contributed by atoms with Crippen molar-refractivity contribution >= 4 is 21.8 Å². The van der Waals surface area contributed by atoms with Crippen molar-refractivity contribution in [3.05, 3.63) is 107 Å². The smallest absolute Gasteiger partial charge is 0.247 e. The van der Waals surface area contributed by atoms with Crippen molar-refractivity contribution in [2.75, 3.05) is 26.0 Å². The van der Waals surface area contributed by atoms with Gasteiger partial charge in [-0.1, -0.05) is 72.8 Å². The Morgan fingerprint density at radius 2 is 1.46 bits per heavy atom. The lowest BCUT2D eigenvalue weighted by atomic mass is 10.0. The molecule has 3 rings (SSSR count). The molecule has 2 amide bonds. The van der Waals surface area contributed by atoms with E-state index >= 15 is 0 Å². The lowest BCUT2D eigenvalue weighted by Crippen LogP contribution is -2.48. The molecule has 1 N–H and O–H groups in total. The van der Waals surface area contributed by atoms with Crippen LogP contribution >= 0.6 is 0 Å². The van der Waals surface area contributed by atoms with Gasteiger partial charge in [-0.2, -0.15) is 4.31 Å². The third-order valence-corrected chi connectivity index (χ3v) is 7.51. The second-order valence-corrected chi connectivity index (χ2v) is 12.0. The number of ether oxygens (including phenoxy) is 1. The van der Waals surface area contributed by atoms with Crippen LogP contribution in [0.5, 0.6) is 0 Å². The normalized spacial score (nSPS) is 12.3. The van der Waals surface area contributed by atoms with Crippen LogP contribution in [0.4, 0.5) is 4.39 Å². The van der Waals surface area contributed by atoms with E-state index in [1.54, 1.807) is 54.6 Å². The quantitative estimate of drug-likeness (QED) is 0.270. The van der Waals surface area contributed by atoms with Crippen LogP contribution in [0.3, 0.4) is 0 Å². The fraction of sp³-hybridized carbons (Fsp3) is 0.355. The maximum Gasteiger partial charge on any atom is 0.247 e. The summed E-state index contributed by atoms with van der Waals surface area (Å²) in [7, 11) is -3.79. The van der Waals surface area contributed by atoms with Crippen molar-refractivity contribution < 1.29 is 27.1 Å². The van der Waals surface area contributed by atoms with Gasteiger partial charge in [-0.05, 0) is 49.1 Å². The van der Waals surface area contributed by atoms with Crippen molar-refractivity contribution in [1.29, 1.82) is 0 Å². The van der Waals surface area contributed by atoms with Crippen LogP contribution < -0.4 is 5.32 Å². The van der Waals surface area contributed by atoms with Crippen molar-refractivity contribution in [2.45, 2.75) is 45.5 Å². The predicted molar refractivity (Wildman–Crippen MR) is 157 cm³/mol. The monoisotopic (exact) mass is 583 g/mol. The zero-order chi connectivity index (χ0) is 29.8. The first kappa shape index (κ1) is 31.9. The van der Waals surface area contributed by atoms with E-state index in [1.807, 2.05) is 19.9 Å². The molecule has 0 radical (unpaired) electrons. The van der Waals surface area contributed by atoms with Gasteiger partial charge < -0.3 is 15.0 Å². The molecule has 3 aromatic carbocycles. The van der Waals surface area contributed by atoms with Gasteiger partial charge in [-0.3, -0.25) is 9.59 Å². The molecule has 3 aromatic rings. The minimum Gasteiger partial charge on any atom is -0.379 e. The fourth-order valence-electron chi connectivity index (χ4n) is 4.24. The first-order valence-corrected chi connectivity index (χ1v) is 15.4. The van der Waals surface area contributed by atoms with Crippen LogP contribution in [-0.2, 0) is 37.4 Å². The molecule has 0 aliphatic heterocycles. The number of sulfonamides is 1. The van der Waals surface area contributed by atoms with Crippen molar-refractivity contribution in [2.24, 2.45) is 0 Å². The molecular weight excluding hydrogens is 545 g/mol. The van der Waals surface area contributed by atoms with Crippen molar-refractivity contribution in [1.82, 2.24) is 14.5 Å². The first-order valence-electron chi connectivity index (χ1n) is 13.5. The number of rotatable bonds is 15. The molecule has 41 heavy (non-hydrogen) atoms. The van der Waals surface area contributed by atoms with Crippen LogP contribution in [0.1, 0.15) is 43.0 Å². The summed E-state index contributed by atoms with van der Waals surface area (Å²) in [5.41, 5.74) is 1.87. The third-order valence-electron chi connectivity index (χ3n) is 6.32. The second kappa shape index (κ2) is 15.4. The number of benzene rings is 3. The Kier molecular flexibility index (Phi) is 12.0. The summed E-state index contributed by atoms with van der Waals surface area (Å²) < 4.78 is 45.8. The molecule has 0 bridgehead atoms. The number of amides is 2. The van der Waals surface area contributed by atoms with Gasteiger partial charge in [0, 0.05) is 26.2 Å².